The average Bonchev–Trinajstić information content (AvgIpc) is 2.15. The molecule has 0 saturated heterocycles. The van der Waals surface area contributed by atoms with Crippen molar-refractivity contribution >= 4 is 11.9 Å². The van der Waals surface area contributed by atoms with Crippen molar-refractivity contribution in [2.75, 3.05) is 0 Å². The molecule has 0 fully saturated rings. The van der Waals surface area contributed by atoms with E-state index in [1.165, 1.54) is 0 Å². The third-order valence-electron chi connectivity index (χ3n) is 1.88. The topological polar surface area (TPSA) is 30.0 Å². The third-order valence-corrected chi connectivity index (χ3v) is 1.88. The number of ketones is 1. The highest BCUT2D eigenvalue weighted by Crippen LogP contribution is 2.09. The summed E-state index contributed by atoms with van der Waals surface area (Å²) in [5.74, 6) is 0.138. The van der Waals surface area contributed by atoms with Crippen LogP contribution in [0.2, 0.25) is 0 Å². The number of rotatable bonds is 3. The Kier molecular flexibility index (Phi) is 3.38. The molecule has 1 heterocycles. The minimum Gasteiger partial charge on any atom is -0.295 e. The number of aromatic nitrogens is 1. The molecular weight excluding hydrogens is 162 g/mol. The van der Waals surface area contributed by atoms with E-state index >= 15 is 0 Å². The van der Waals surface area contributed by atoms with Gasteiger partial charge in [-0.05, 0) is 42.7 Å². The second-order valence-corrected chi connectivity index (χ2v) is 2.86. The molecule has 68 valence electrons. The van der Waals surface area contributed by atoms with Crippen molar-refractivity contribution in [3.63, 3.8) is 0 Å². The second kappa shape index (κ2) is 4.55. The monoisotopic (exact) mass is 175 g/mol. The fourth-order valence-electron chi connectivity index (χ4n) is 1.11. The summed E-state index contributed by atoms with van der Waals surface area (Å²) >= 11 is 0. The Bertz CT molecular complexity index is 314. The quantitative estimate of drug-likeness (QED) is 0.660. The first-order valence-corrected chi connectivity index (χ1v) is 4.35. The van der Waals surface area contributed by atoms with Crippen LogP contribution in [0.3, 0.4) is 0 Å². The van der Waals surface area contributed by atoms with Crippen molar-refractivity contribution in [2.24, 2.45) is 0 Å². The van der Waals surface area contributed by atoms with E-state index in [1.807, 2.05) is 25.1 Å². The fourth-order valence-corrected chi connectivity index (χ4v) is 1.11. The molecule has 0 radical (unpaired) electrons. The highest BCUT2D eigenvalue weighted by molar-refractivity contribution is 5.97. The summed E-state index contributed by atoms with van der Waals surface area (Å²) in [4.78, 5) is 15.0. The zero-order valence-corrected chi connectivity index (χ0v) is 7.95. The average molecular weight is 175 g/mol. The number of hydrogen-bond donors (Lipinski definition) is 0. The zero-order valence-electron chi connectivity index (χ0n) is 7.95. The summed E-state index contributed by atoms with van der Waals surface area (Å²) in [6, 6.07) is 3.78. The summed E-state index contributed by atoms with van der Waals surface area (Å²) in [6.07, 6.45) is 6.13. The van der Waals surface area contributed by atoms with E-state index in [0.717, 1.165) is 17.6 Å². The highest BCUT2D eigenvalue weighted by atomic mass is 16.1. The van der Waals surface area contributed by atoms with Crippen LogP contribution >= 0.6 is 0 Å². The molecule has 1 rings (SSSR count). The number of carbonyl (C=O) groups is 1. The van der Waals surface area contributed by atoms with Crippen LogP contribution in [0, 0.1) is 0 Å². The first-order chi connectivity index (χ1) is 6.24. The van der Waals surface area contributed by atoms with E-state index in [1.54, 1.807) is 19.3 Å². The normalized spacial score (nSPS) is 11.4. The van der Waals surface area contributed by atoms with Gasteiger partial charge in [-0.15, -0.1) is 0 Å². The lowest BCUT2D eigenvalue weighted by Gasteiger charge is -1.98. The van der Waals surface area contributed by atoms with Crippen molar-refractivity contribution in [1.82, 2.24) is 4.98 Å². The molecule has 1 aromatic rings. The van der Waals surface area contributed by atoms with Crippen LogP contribution in [0.1, 0.15) is 25.8 Å². The van der Waals surface area contributed by atoms with Crippen LogP contribution < -0.4 is 0 Å². The Morgan fingerprint density at radius 2 is 2.08 bits per heavy atom. The molecule has 2 nitrogen and oxygen atoms in total. The Morgan fingerprint density at radius 3 is 2.54 bits per heavy atom. The van der Waals surface area contributed by atoms with Gasteiger partial charge < -0.3 is 0 Å². The standard InChI is InChI=1S/C11H13NO/c1-3-11(9(2)13)8-10-4-6-12-7-5-10/h4-8H,3H2,1-2H3/b11-8+. The van der Waals surface area contributed by atoms with E-state index in [4.69, 9.17) is 0 Å². The maximum atomic E-state index is 11.1. The van der Waals surface area contributed by atoms with E-state index in [2.05, 4.69) is 4.98 Å². The predicted molar refractivity (Wildman–Crippen MR) is 53.2 cm³/mol. The van der Waals surface area contributed by atoms with Crippen LogP contribution in [0.25, 0.3) is 6.08 Å². The molecule has 0 amide bonds. The van der Waals surface area contributed by atoms with Crippen molar-refractivity contribution in [3.05, 3.63) is 35.7 Å². The summed E-state index contributed by atoms with van der Waals surface area (Å²) in [5.41, 5.74) is 1.88. The first kappa shape index (κ1) is 9.65. The maximum Gasteiger partial charge on any atom is 0.155 e. The Labute approximate surface area is 78.3 Å². The van der Waals surface area contributed by atoms with Crippen LogP contribution in [-0.2, 0) is 4.79 Å². The molecule has 0 unspecified atom stereocenters. The summed E-state index contributed by atoms with van der Waals surface area (Å²) in [6.45, 7) is 3.57. The SMILES string of the molecule is CC/C(=C\c1ccncc1)C(C)=O. The van der Waals surface area contributed by atoms with Crippen molar-refractivity contribution in [3.8, 4) is 0 Å². The van der Waals surface area contributed by atoms with E-state index in [-0.39, 0.29) is 5.78 Å². The first-order valence-electron chi connectivity index (χ1n) is 4.35. The van der Waals surface area contributed by atoms with Gasteiger partial charge in [-0.3, -0.25) is 9.78 Å². The molecule has 0 atom stereocenters. The highest BCUT2D eigenvalue weighted by Gasteiger charge is 1.99. The van der Waals surface area contributed by atoms with E-state index < -0.39 is 0 Å². The lowest BCUT2D eigenvalue weighted by Crippen LogP contribution is -1.94. The van der Waals surface area contributed by atoms with Gasteiger partial charge in [0.1, 0.15) is 0 Å². The van der Waals surface area contributed by atoms with Gasteiger partial charge >= 0.3 is 0 Å². The third kappa shape index (κ3) is 2.82. The number of hydrogen-bond acceptors (Lipinski definition) is 2. The van der Waals surface area contributed by atoms with Crippen molar-refractivity contribution < 1.29 is 4.79 Å². The van der Waals surface area contributed by atoms with Gasteiger partial charge in [0.25, 0.3) is 0 Å². The molecule has 0 bridgehead atoms. The maximum absolute atomic E-state index is 11.1. The van der Waals surface area contributed by atoms with Crippen LogP contribution in [-0.4, -0.2) is 10.8 Å². The molecule has 1 aromatic heterocycles. The Hall–Kier alpha value is -1.44. The minimum absolute atomic E-state index is 0.138. The van der Waals surface area contributed by atoms with Crippen LogP contribution in [0.15, 0.2) is 30.1 Å². The molecule has 0 aliphatic heterocycles. The molecular formula is C11H13NO. The van der Waals surface area contributed by atoms with Gasteiger partial charge in [-0.1, -0.05) is 6.92 Å². The molecule has 13 heavy (non-hydrogen) atoms. The predicted octanol–water partition coefficient (Wildman–Crippen LogP) is 2.46. The van der Waals surface area contributed by atoms with E-state index in [9.17, 15) is 4.79 Å². The lowest BCUT2D eigenvalue weighted by molar-refractivity contribution is -0.113. The smallest absolute Gasteiger partial charge is 0.155 e. The molecule has 0 N–H and O–H groups in total. The summed E-state index contributed by atoms with van der Waals surface area (Å²) in [5, 5.41) is 0. The fraction of sp³-hybridized carbons (Fsp3) is 0.273. The van der Waals surface area contributed by atoms with Crippen molar-refractivity contribution in [1.29, 1.82) is 0 Å². The summed E-state index contributed by atoms with van der Waals surface area (Å²) < 4.78 is 0. The number of carbonyl (C=O) groups excluding carboxylic acids is 1. The van der Waals surface area contributed by atoms with Gasteiger partial charge in [0.2, 0.25) is 0 Å². The van der Waals surface area contributed by atoms with Crippen molar-refractivity contribution in [2.45, 2.75) is 20.3 Å². The Morgan fingerprint density at radius 1 is 1.46 bits per heavy atom. The molecule has 0 aliphatic carbocycles. The van der Waals surface area contributed by atoms with Gasteiger partial charge in [-0.25, -0.2) is 0 Å². The molecule has 0 saturated carbocycles. The van der Waals surface area contributed by atoms with Crippen LogP contribution in [0.5, 0.6) is 0 Å². The summed E-state index contributed by atoms with van der Waals surface area (Å²) in [7, 11) is 0. The number of nitrogens with zero attached hydrogens (tertiary/aromatic N) is 1. The molecule has 0 aromatic carbocycles. The molecule has 2 heteroatoms. The molecule has 0 aliphatic rings. The van der Waals surface area contributed by atoms with Gasteiger partial charge in [0.05, 0.1) is 0 Å². The largest absolute Gasteiger partial charge is 0.295 e. The van der Waals surface area contributed by atoms with E-state index in [0.29, 0.717) is 0 Å². The zero-order chi connectivity index (χ0) is 9.68. The van der Waals surface area contributed by atoms with Gasteiger partial charge in [0.15, 0.2) is 5.78 Å². The van der Waals surface area contributed by atoms with Gasteiger partial charge in [0, 0.05) is 12.4 Å². The second-order valence-electron chi connectivity index (χ2n) is 2.86. The van der Waals surface area contributed by atoms with Crippen LogP contribution in [0.4, 0.5) is 0 Å². The molecule has 0 spiro atoms. The lowest BCUT2D eigenvalue weighted by atomic mass is 10.1. The minimum atomic E-state index is 0.138. The number of pyridine rings is 1. The van der Waals surface area contributed by atoms with Gasteiger partial charge in [-0.2, -0.15) is 0 Å². The Balaban J connectivity index is 2.92. The number of Topliss-reactive ketones (excluding diaryl/α,β-unsaturated/α-hetero) is 1. The number of allylic oxidation sites excluding steroid dienone is 1.